The number of ether oxygens (including phenoxy) is 1. The zero-order chi connectivity index (χ0) is 21.2. The first-order chi connectivity index (χ1) is 13.7. The Hall–Kier alpha value is -2.41. The summed E-state index contributed by atoms with van der Waals surface area (Å²) in [6.07, 6.45) is -1.26. The Morgan fingerprint density at radius 3 is 2.38 bits per heavy atom. The summed E-state index contributed by atoms with van der Waals surface area (Å²) in [5.74, 6) is -0.392. The lowest BCUT2D eigenvalue weighted by Gasteiger charge is -2.23. The molecule has 29 heavy (non-hydrogen) atoms. The average Bonchev–Trinajstić information content (AvgIpc) is 2.91. The van der Waals surface area contributed by atoms with Gasteiger partial charge < -0.3 is 15.2 Å². The number of aryl methyl sites for hydroxylation is 1. The van der Waals surface area contributed by atoms with Crippen LogP contribution in [0.1, 0.15) is 36.6 Å². The van der Waals surface area contributed by atoms with Gasteiger partial charge in [-0.15, -0.1) is 0 Å². The molecule has 0 aromatic heterocycles. The molecule has 6 nitrogen and oxygen atoms in total. The Bertz CT molecular complexity index is 885. The van der Waals surface area contributed by atoms with Gasteiger partial charge in [-0.05, 0) is 44.0 Å². The first-order valence-electron chi connectivity index (χ1n) is 9.47. The quantitative estimate of drug-likeness (QED) is 0.676. The molecule has 0 saturated carbocycles. The summed E-state index contributed by atoms with van der Waals surface area (Å²) in [6, 6.07) is 14.1. The van der Waals surface area contributed by atoms with E-state index in [1.54, 1.807) is 19.1 Å². The van der Waals surface area contributed by atoms with Crippen LogP contribution in [0.25, 0.3) is 0 Å². The fourth-order valence-corrected chi connectivity index (χ4v) is 3.42. The zero-order valence-corrected chi connectivity index (χ0v) is 17.4. The molecule has 1 saturated heterocycles. The van der Waals surface area contributed by atoms with E-state index in [2.05, 4.69) is 5.32 Å². The van der Waals surface area contributed by atoms with Crippen LogP contribution in [0.2, 0.25) is 5.02 Å². The fourth-order valence-electron chi connectivity index (χ4n) is 3.29. The number of urea groups is 1. The van der Waals surface area contributed by atoms with E-state index >= 15 is 0 Å². The van der Waals surface area contributed by atoms with E-state index in [9.17, 15) is 14.7 Å². The Morgan fingerprint density at radius 2 is 1.76 bits per heavy atom. The molecule has 3 amide bonds. The molecule has 3 atom stereocenters. The van der Waals surface area contributed by atoms with Crippen molar-refractivity contribution in [2.45, 2.75) is 38.5 Å². The maximum Gasteiger partial charge on any atom is 0.325 e. The second-order valence-corrected chi connectivity index (χ2v) is 7.95. The van der Waals surface area contributed by atoms with E-state index in [0.717, 1.165) is 16.0 Å². The minimum absolute atomic E-state index is 0.0118. The Morgan fingerprint density at radius 1 is 1.14 bits per heavy atom. The highest BCUT2D eigenvalue weighted by atomic mass is 35.5. The predicted octanol–water partition coefficient (Wildman–Crippen LogP) is 3.55. The van der Waals surface area contributed by atoms with Crippen LogP contribution in [-0.4, -0.2) is 41.2 Å². The van der Waals surface area contributed by atoms with Gasteiger partial charge in [0.25, 0.3) is 5.91 Å². The highest BCUT2D eigenvalue weighted by Gasteiger charge is 2.49. The number of β-amino-alcohol motifs (C(OH)–C–C–N with tert-alkyl or cyclic N) is 1. The number of aliphatic hydroxyl groups is 1. The SMILES string of the molecule is Cc1ccc([C@]2(C)NC(=O)N(C[C@H](O)CO[C@@H](C)c3ccc(Cl)cc3)C2=O)cc1. The van der Waals surface area contributed by atoms with Gasteiger partial charge in [-0.1, -0.05) is 53.6 Å². The van der Waals surface area contributed by atoms with Crippen LogP contribution in [0.3, 0.4) is 0 Å². The van der Waals surface area contributed by atoms with Gasteiger partial charge in [0.2, 0.25) is 0 Å². The maximum absolute atomic E-state index is 12.9. The van der Waals surface area contributed by atoms with Gasteiger partial charge in [-0.25, -0.2) is 4.79 Å². The van der Waals surface area contributed by atoms with E-state index in [-0.39, 0.29) is 19.3 Å². The first kappa shape index (κ1) is 21.3. The third kappa shape index (κ3) is 4.61. The van der Waals surface area contributed by atoms with Crippen LogP contribution in [-0.2, 0) is 15.1 Å². The highest BCUT2D eigenvalue weighted by Crippen LogP contribution is 2.29. The first-order valence-corrected chi connectivity index (χ1v) is 9.85. The van der Waals surface area contributed by atoms with Gasteiger partial charge in [-0.3, -0.25) is 9.69 Å². The molecule has 154 valence electrons. The second-order valence-electron chi connectivity index (χ2n) is 7.52. The largest absolute Gasteiger partial charge is 0.389 e. The molecule has 0 bridgehead atoms. The number of carbonyl (C=O) groups excluding carboxylic acids is 2. The van der Waals surface area contributed by atoms with Gasteiger partial charge in [0, 0.05) is 5.02 Å². The molecule has 1 aliphatic rings. The fraction of sp³-hybridized carbons (Fsp3) is 0.364. The normalized spacial score (nSPS) is 21.2. The zero-order valence-electron chi connectivity index (χ0n) is 16.7. The summed E-state index contributed by atoms with van der Waals surface area (Å²) in [4.78, 5) is 26.4. The molecular weight excluding hydrogens is 392 g/mol. The maximum atomic E-state index is 12.9. The summed E-state index contributed by atoms with van der Waals surface area (Å²) in [7, 11) is 0. The third-order valence-corrected chi connectivity index (χ3v) is 5.43. The van der Waals surface area contributed by atoms with Gasteiger partial charge in [-0.2, -0.15) is 0 Å². The van der Waals surface area contributed by atoms with Crippen LogP contribution in [0.15, 0.2) is 48.5 Å². The van der Waals surface area contributed by atoms with Crippen LogP contribution in [0.5, 0.6) is 0 Å². The molecule has 1 aliphatic heterocycles. The standard InChI is InChI=1S/C22H25ClN2O4/c1-14-4-8-17(9-5-14)22(3)20(27)25(21(28)24-22)12-19(26)13-29-15(2)16-6-10-18(23)11-7-16/h4-11,15,19,26H,12-13H2,1-3H3,(H,24,28)/t15-,19-,22-/m0/s1. The Balaban J connectivity index is 1.60. The minimum atomic E-state index is -1.15. The number of nitrogens with zero attached hydrogens (tertiary/aromatic N) is 1. The number of aliphatic hydroxyl groups excluding tert-OH is 1. The number of amides is 3. The third-order valence-electron chi connectivity index (χ3n) is 5.18. The van der Waals surface area contributed by atoms with Crippen molar-refractivity contribution in [2.24, 2.45) is 0 Å². The number of rotatable bonds is 7. The number of hydrogen-bond donors (Lipinski definition) is 2. The summed E-state index contributed by atoms with van der Waals surface area (Å²) < 4.78 is 5.70. The lowest BCUT2D eigenvalue weighted by atomic mass is 9.91. The molecule has 2 aromatic rings. The van der Waals surface area contributed by atoms with Crippen molar-refractivity contribution in [3.8, 4) is 0 Å². The molecule has 3 rings (SSSR count). The van der Waals surface area contributed by atoms with Crippen LogP contribution >= 0.6 is 11.6 Å². The van der Waals surface area contributed by atoms with Gasteiger partial charge in [0.05, 0.1) is 25.4 Å². The Kier molecular flexibility index (Phi) is 6.27. The number of benzene rings is 2. The molecule has 2 N–H and O–H groups in total. The number of hydrogen-bond acceptors (Lipinski definition) is 4. The molecule has 1 heterocycles. The number of halogens is 1. The van der Waals surface area contributed by atoms with Crippen LogP contribution in [0, 0.1) is 6.92 Å². The van der Waals surface area contributed by atoms with E-state index in [0.29, 0.717) is 10.6 Å². The van der Waals surface area contributed by atoms with Gasteiger partial charge in [0.15, 0.2) is 0 Å². The van der Waals surface area contributed by atoms with Crippen molar-refractivity contribution >= 4 is 23.5 Å². The molecule has 1 fully saturated rings. The lowest BCUT2D eigenvalue weighted by molar-refractivity contribution is -0.132. The van der Waals surface area contributed by atoms with Crippen molar-refractivity contribution < 1.29 is 19.4 Å². The summed E-state index contributed by atoms with van der Waals surface area (Å²) >= 11 is 5.89. The molecule has 0 aliphatic carbocycles. The Labute approximate surface area is 175 Å². The highest BCUT2D eigenvalue weighted by molar-refractivity contribution is 6.30. The lowest BCUT2D eigenvalue weighted by Crippen LogP contribution is -2.42. The van der Waals surface area contributed by atoms with E-state index in [4.69, 9.17) is 16.3 Å². The molecule has 2 aromatic carbocycles. The van der Waals surface area contributed by atoms with Crippen LogP contribution < -0.4 is 5.32 Å². The number of carbonyl (C=O) groups is 2. The summed E-state index contributed by atoms with van der Waals surface area (Å²) in [6.45, 7) is 5.33. The topological polar surface area (TPSA) is 78.9 Å². The van der Waals surface area contributed by atoms with Crippen molar-refractivity contribution in [3.63, 3.8) is 0 Å². The molecule has 0 spiro atoms. The molecular formula is C22H25ClN2O4. The van der Waals surface area contributed by atoms with Crippen molar-refractivity contribution in [1.29, 1.82) is 0 Å². The molecule has 7 heteroatoms. The molecule has 0 unspecified atom stereocenters. The minimum Gasteiger partial charge on any atom is -0.389 e. The van der Waals surface area contributed by atoms with E-state index < -0.39 is 23.6 Å². The smallest absolute Gasteiger partial charge is 0.325 e. The average molecular weight is 417 g/mol. The summed E-state index contributed by atoms with van der Waals surface area (Å²) in [5.41, 5.74) is 1.53. The predicted molar refractivity (Wildman–Crippen MR) is 111 cm³/mol. The number of nitrogens with one attached hydrogen (secondary N) is 1. The van der Waals surface area contributed by atoms with E-state index in [1.165, 1.54) is 0 Å². The summed E-state index contributed by atoms with van der Waals surface area (Å²) in [5, 5.41) is 13.7. The number of imide groups is 1. The van der Waals surface area contributed by atoms with Crippen LogP contribution in [0.4, 0.5) is 4.79 Å². The van der Waals surface area contributed by atoms with Gasteiger partial charge >= 0.3 is 6.03 Å². The monoisotopic (exact) mass is 416 g/mol. The molecule has 0 radical (unpaired) electrons. The van der Waals surface area contributed by atoms with Crippen molar-refractivity contribution in [1.82, 2.24) is 10.2 Å². The van der Waals surface area contributed by atoms with Crippen molar-refractivity contribution in [3.05, 3.63) is 70.2 Å². The second kappa shape index (κ2) is 8.53. The van der Waals surface area contributed by atoms with Gasteiger partial charge in [0.1, 0.15) is 5.54 Å². The van der Waals surface area contributed by atoms with E-state index in [1.807, 2.05) is 50.2 Å². The van der Waals surface area contributed by atoms with Crippen molar-refractivity contribution in [2.75, 3.05) is 13.2 Å².